The molecule has 1 aromatic rings. The van der Waals surface area contributed by atoms with Crippen LogP contribution in [0.4, 0.5) is 0 Å². The van der Waals surface area contributed by atoms with Crippen LogP contribution in [0.1, 0.15) is 5.82 Å². The van der Waals surface area contributed by atoms with Crippen molar-refractivity contribution in [2.45, 2.75) is 6.92 Å². The van der Waals surface area contributed by atoms with Crippen LogP contribution in [-0.4, -0.2) is 15.5 Å². The molecule has 0 aliphatic heterocycles. The molecular formula is C2H3N4Rb. The fourth-order valence-corrected chi connectivity index (χ4v) is 0.189. The Morgan fingerprint density at radius 2 is 2.29 bits per heavy atom. The van der Waals surface area contributed by atoms with Gasteiger partial charge in [-0.25, -0.2) is 0 Å². The second kappa shape index (κ2) is 3.83. The van der Waals surface area contributed by atoms with Gasteiger partial charge in [0.05, 0.1) is 0 Å². The molecule has 0 saturated carbocycles. The van der Waals surface area contributed by atoms with E-state index >= 15 is 0 Å². The van der Waals surface area contributed by atoms with E-state index in [0.717, 1.165) is 0 Å². The van der Waals surface area contributed by atoms with Crippen LogP contribution in [-0.2, 0) is 0 Å². The summed E-state index contributed by atoms with van der Waals surface area (Å²) in [4.78, 5) is 0. The predicted molar refractivity (Wildman–Crippen MR) is 17.9 cm³/mol. The number of aryl methyl sites for hydroxylation is 1. The van der Waals surface area contributed by atoms with Gasteiger partial charge in [-0.2, -0.15) is 5.21 Å². The van der Waals surface area contributed by atoms with Gasteiger partial charge < -0.3 is 5.10 Å². The molecule has 0 N–H and O–H groups in total. The van der Waals surface area contributed by atoms with Crippen LogP contribution < -0.4 is 63.3 Å². The van der Waals surface area contributed by atoms with Crippen LogP contribution in [0.25, 0.3) is 0 Å². The number of hydrogen-bond donors (Lipinski definition) is 0. The first-order chi connectivity index (χ1) is 2.89. The average molecular weight is 169 g/mol. The molecule has 0 aromatic carbocycles. The van der Waals surface area contributed by atoms with Crippen LogP contribution in [0.2, 0.25) is 0 Å². The standard InChI is InChI=1S/C2H3N4.Rb/c1-2-3-5-6-4-2;/h1H3;/q-1;+1. The summed E-state index contributed by atoms with van der Waals surface area (Å²) >= 11 is 0. The first-order valence-electron chi connectivity index (χ1n) is 1.55. The summed E-state index contributed by atoms with van der Waals surface area (Å²) in [7, 11) is 0. The van der Waals surface area contributed by atoms with Crippen molar-refractivity contribution in [2.24, 2.45) is 0 Å². The van der Waals surface area contributed by atoms with Gasteiger partial charge in [-0.1, -0.05) is 0 Å². The maximum atomic E-state index is 3.44. The molecule has 0 fully saturated rings. The Balaban J connectivity index is 0.000000360. The van der Waals surface area contributed by atoms with Crippen LogP contribution in [0, 0.1) is 6.92 Å². The van der Waals surface area contributed by atoms with Gasteiger partial charge in [0.25, 0.3) is 0 Å². The first-order valence-corrected chi connectivity index (χ1v) is 1.55. The fraction of sp³-hybridized carbons (Fsp3) is 0.500. The molecule has 0 saturated heterocycles. The second-order valence-electron chi connectivity index (χ2n) is 0.926. The number of aromatic nitrogens is 4. The molecule has 1 rings (SSSR count). The summed E-state index contributed by atoms with van der Waals surface area (Å²) < 4.78 is 0. The SMILES string of the molecule is Cc1nnn[n-]1.[Rb+]. The number of tetrazole rings is 1. The third kappa shape index (κ3) is 2.63. The van der Waals surface area contributed by atoms with Crippen molar-refractivity contribution < 1.29 is 58.2 Å². The Kier molecular flexibility index (Phi) is 4.30. The minimum Gasteiger partial charge on any atom is -0.336 e. The van der Waals surface area contributed by atoms with E-state index < -0.39 is 0 Å². The van der Waals surface area contributed by atoms with Crippen molar-refractivity contribution in [3.8, 4) is 0 Å². The van der Waals surface area contributed by atoms with E-state index in [-0.39, 0.29) is 58.2 Å². The van der Waals surface area contributed by atoms with E-state index in [1.807, 2.05) is 0 Å². The molecule has 0 aliphatic rings. The minimum atomic E-state index is 0. The Bertz CT molecular complexity index is 113. The fourth-order valence-electron chi connectivity index (χ4n) is 0.189. The van der Waals surface area contributed by atoms with Crippen molar-refractivity contribution in [3.05, 3.63) is 5.82 Å². The molecule has 0 radical (unpaired) electrons. The van der Waals surface area contributed by atoms with Gasteiger partial charge in [0.2, 0.25) is 0 Å². The Hall–Kier alpha value is 0.875. The van der Waals surface area contributed by atoms with Crippen LogP contribution >= 0.6 is 0 Å². The first kappa shape index (κ1) is 7.88. The van der Waals surface area contributed by atoms with Gasteiger partial charge >= 0.3 is 58.2 Å². The molecule has 32 valence electrons. The molecule has 4 nitrogen and oxygen atoms in total. The Labute approximate surface area is 89.9 Å². The van der Waals surface area contributed by atoms with E-state index in [0.29, 0.717) is 5.82 Å². The van der Waals surface area contributed by atoms with E-state index in [9.17, 15) is 0 Å². The molecular weight excluding hydrogens is 166 g/mol. The van der Waals surface area contributed by atoms with Gasteiger partial charge in [-0.05, 0) is 6.92 Å². The van der Waals surface area contributed by atoms with Crippen LogP contribution in [0.3, 0.4) is 0 Å². The molecule has 0 bridgehead atoms. The summed E-state index contributed by atoms with van der Waals surface area (Å²) in [5.74, 6) is 0.620. The Morgan fingerprint density at radius 3 is 2.43 bits per heavy atom. The number of nitrogens with zero attached hydrogens (tertiary/aromatic N) is 4. The van der Waals surface area contributed by atoms with E-state index in [2.05, 4.69) is 20.6 Å². The predicted octanol–water partition coefficient (Wildman–Crippen LogP) is -3.86. The summed E-state index contributed by atoms with van der Waals surface area (Å²) in [6.45, 7) is 1.74. The molecule has 7 heavy (non-hydrogen) atoms. The topological polar surface area (TPSA) is 52.8 Å². The molecule has 0 unspecified atom stereocenters. The van der Waals surface area contributed by atoms with Crippen molar-refractivity contribution in [1.82, 2.24) is 20.6 Å². The number of hydrogen-bond acceptors (Lipinski definition) is 3. The van der Waals surface area contributed by atoms with Crippen molar-refractivity contribution in [2.75, 3.05) is 0 Å². The van der Waals surface area contributed by atoms with Crippen LogP contribution in [0.5, 0.6) is 0 Å². The number of rotatable bonds is 0. The van der Waals surface area contributed by atoms with E-state index in [1.54, 1.807) is 6.92 Å². The van der Waals surface area contributed by atoms with Crippen molar-refractivity contribution >= 4 is 0 Å². The van der Waals surface area contributed by atoms with Gasteiger partial charge in [0.1, 0.15) is 0 Å². The third-order valence-corrected chi connectivity index (χ3v) is 0.419. The summed E-state index contributed by atoms with van der Waals surface area (Å²) in [6, 6.07) is 0. The van der Waals surface area contributed by atoms with E-state index in [1.165, 1.54) is 0 Å². The van der Waals surface area contributed by atoms with Crippen molar-refractivity contribution in [3.63, 3.8) is 0 Å². The maximum absolute atomic E-state index is 3.44. The summed E-state index contributed by atoms with van der Waals surface area (Å²) in [5, 5.41) is 13.3. The monoisotopic (exact) mass is 168 g/mol. The van der Waals surface area contributed by atoms with E-state index in [4.69, 9.17) is 0 Å². The molecule has 0 spiro atoms. The molecule has 0 atom stereocenters. The minimum absolute atomic E-state index is 0. The Morgan fingerprint density at radius 1 is 1.57 bits per heavy atom. The average Bonchev–Trinajstić information content (AvgIpc) is 1.86. The normalized spacial score (nSPS) is 7.57. The smallest absolute Gasteiger partial charge is 0.336 e. The second-order valence-corrected chi connectivity index (χ2v) is 0.926. The van der Waals surface area contributed by atoms with Gasteiger partial charge in [-0.15, -0.1) is 0 Å². The van der Waals surface area contributed by atoms with Gasteiger partial charge in [-0.3, -0.25) is 10.3 Å². The van der Waals surface area contributed by atoms with Gasteiger partial charge in [0.15, 0.2) is 0 Å². The van der Waals surface area contributed by atoms with Gasteiger partial charge in [0, 0.05) is 5.82 Å². The molecule has 5 heteroatoms. The molecule has 0 aliphatic carbocycles. The zero-order valence-electron chi connectivity index (χ0n) is 4.29. The summed E-state index contributed by atoms with van der Waals surface area (Å²) in [6.07, 6.45) is 0. The quantitative estimate of drug-likeness (QED) is 0.398. The molecule has 0 amide bonds. The maximum Gasteiger partial charge on any atom is 1.00 e. The zero-order chi connectivity index (χ0) is 4.41. The van der Waals surface area contributed by atoms with Crippen molar-refractivity contribution in [1.29, 1.82) is 0 Å². The third-order valence-electron chi connectivity index (χ3n) is 0.419. The largest absolute Gasteiger partial charge is 1.00 e. The molecule has 1 heterocycles. The molecule has 1 aromatic heterocycles. The van der Waals surface area contributed by atoms with Crippen LogP contribution in [0.15, 0.2) is 0 Å². The summed E-state index contributed by atoms with van der Waals surface area (Å²) in [5.41, 5.74) is 0. The zero-order valence-corrected chi connectivity index (χ0v) is 9.20.